The van der Waals surface area contributed by atoms with Crippen LogP contribution < -0.4 is 20.5 Å². The lowest BCUT2D eigenvalue weighted by molar-refractivity contribution is -0.384. The third-order valence-corrected chi connectivity index (χ3v) is 4.03. The largest absolute Gasteiger partial charge is 0.490 e. The zero-order valence-corrected chi connectivity index (χ0v) is 19.1. The van der Waals surface area contributed by atoms with E-state index >= 15 is 0 Å². The highest BCUT2D eigenvalue weighted by Crippen LogP contribution is 2.32. The summed E-state index contributed by atoms with van der Waals surface area (Å²) in [6.07, 6.45) is -0.643. The van der Waals surface area contributed by atoms with E-state index in [2.05, 4.69) is 5.32 Å². The van der Waals surface area contributed by atoms with Gasteiger partial charge < -0.3 is 19.9 Å². The molecule has 31 heavy (non-hydrogen) atoms. The van der Waals surface area contributed by atoms with Crippen molar-refractivity contribution < 1.29 is 23.9 Å². The van der Waals surface area contributed by atoms with Gasteiger partial charge in [0, 0.05) is 23.9 Å². The fourth-order valence-electron chi connectivity index (χ4n) is 2.17. The van der Waals surface area contributed by atoms with E-state index in [1.807, 2.05) is 13.8 Å². The van der Waals surface area contributed by atoms with Crippen molar-refractivity contribution in [1.82, 2.24) is 0 Å². The zero-order chi connectivity index (χ0) is 23.6. The van der Waals surface area contributed by atoms with Gasteiger partial charge in [0.1, 0.15) is 0 Å². The number of amides is 1. The van der Waals surface area contributed by atoms with Gasteiger partial charge in [0.25, 0.3) is 5.69 Å². The number of carbonyl (C=O) groups is 1. The highest BCUT2D eigenvalue weighted by molar-refractivity contribution is 6.39. The van der Waals surface area contributed by atoms with E-state index in [4.69, 9.17) is 43.1 Å². The van der Waals surface area contributed by atoms with Crippen LogP contribution in [-0.4, -0.2) is 30.3 Å². The topological polar surface area (TPSA) is 126 Å². The van der Waals surface area contributed by atoms with Gasteiger partial charge in [-0.05, 0) is 39.8 Å². The fraction of sp³-hybridized carbons (Fsp3) is 0.350. The van der Waals surface area contributed by atoms with Crippen molar-refractivity contribution in [1.29, 1.82) is 0 Å². The van der Waals surface area contributed by atoms with Gasteiger partial charge in [-0.1, -0.05) is 23.2 Å². The number of nitrogens with two attached hydrogens (primary N) is 1. The minimum absolute atomic E-state index is 0.0919. The smallest absolute Gasteiger partial charge is 0.411 e. The molecule has 0 saturated carbocycles. The third kappa shape index (κ3) is 8.77. The van der Waals surface area contributed by atoms with E-state index in [-0.39, 0.29) is 27.5 Å². The molecule has 0 radical (unpaired) electrons. The van der Waals surface area contributed by atoms with Crippen LogP contribution in [0.1, 0.15) is 27.7 Å². The van der Waals surface area contributed by atoms with Gasteiger partial charge in [0.05, 0.1) is 40.0 Å². The van der Waals surface area contributed by atoms with Crippen LogP contribution in [0.4, 0.5) is 21.9 Å². The van der Waals surface area contributed by atoms with Gasteiger partial charge in [0.15, 0.2) is 11.5 Å². The molecule has 11 heteroatoms. The number of non-ortho nitro benzene ring substituents is 1. The second-order valence-corrected chi connectivity index (χ2v) is 7.00. The lowest BCUT2D eigenvalue weighted by Gasteiger charge is -2.13. The molecule has 0 aliphatic carbocycles. The standard InChI is InChI=1S/C14H21NO4.C6H4Cl2N2O2/c1-5-17-12-8-7-11(9-13(12)18-6-2)15-14(16)19-10(3)4;7-4-1-3(10(11)12)2-5(8)6(4)9/h7-10H,5-6H2,1-4H3,(H,15,16);1-2H,9H2. The highest BCUT2D eigenvalue weighted by atomic mass is 35.5. The Bertz CT molecular complexity index is 885. The number of benzene rings is 2. The Kier molecular flexibility index (Phi) is 10.7. The first-order valence-corrected chi connectivity index (χ1v) is 10.1. The number of nitrogens with zero attached hydrogens (tertiary/aromatic N) is 1. The molecule has 0 spiro atoms. The lowest BCUT2D eigenvalue weighted by atomic mass is 10.2. The average Bonchev–Trinajstić information content (AvgIpc) is 2.68. The molecule has 0 aromatic heterocycles. The van der Waals surface area contributed by atoms with Crippen molar-refractivity contribution in [2.45, 2.75) is 33.8 Å². The fourth-order valence-corrected chi connectivity index (χ4v) is 2.64. The van der Waals surface area contributed by atoms with Crippen LogP contribution in [-0.2, 0) is 4.74 Å². The number of nitro benzene ring substituents is 1. The summed E-state index contributed by atoms with van der Waals surface area (Å²) in [5.74, 6) is 1.26. The molecule has 0 atom stereocenters. The molecule has 0 unspecified atom stereocenters. The molecule has 170 valence electrons. The molecule has 2 aromatic carbocycles. The third-order valence-electron chi connectivity index (χ3n) is 3.41. The maximum atomic E-state index is 11.5. The summed E-state index contributed by atoms with van der Waals surface area (Å²) >= 11 is 11.1. The Hall–Kier alpha value is -2.91. The molecule has 0 saturated heterocycles. The molecule has 9 nitrogen and oxygen atoms in total. The van der Waals surface area contributed by atoms with Crippen LogP contribution in [0, 0.1) is 10.1 Å². The minimum Gasteiger partial charge on any atom is -0.490 e. The van der Waals surface area contributed by atoms with E-state index in [1.54, 1.807) is 32.0 Å². The molecular formula is C20H25Cl2N3O6. The first-order chi connectivity index (χ1) is 14.6. The number of nitrogen functional groups attached to an aromatic ring is 1. The van der Waals surface area contributed by atoms with Gasteiger partial charge in [-0.2, -0.15) is 0 Å². The summed E-state index contributed by atoms with van der Waals surface area (Å²) in [7, 11) is 0. The first-order valence-electron chi connectivity index (χ1n) is 9.35. The molecule has 0 aliphatic heterocycles. The van der Waals surface area contributed by atoms with Crippen LogP contribution in [0.25, 0.3) is 0 Å². The van der Waals surface area contributed by atoms with E-state index in [0.717, 1.165) is 12.1 Å². The van der Waals surface area contributed by atoms with Gasteiger partial charge in [0.2, 0.25) is 0 Å². The van der Waals surface area contributed by atoms with Crippen molar-refractivity contribution in [2.24, 2.45) is 0 Å². The molecule has 0 fully saturated rings. The van der Waals surface area contributed by atoms with E-state index < -0.39 is 11.0 Å². The number of anilines is 2. The normalized spacial score (nSPS) is 10.0. The van der Waals surface area contributed by atoms with Crippen molar-refractivity contribution in [3.05, 3.63) is 50.5 Å². The summed E-state index contributed by atoms with van der Waals surface area (Å²) in [6.45, 7) is 8.47. The van der Waals surface area contributed by atoms with Gasteiger partial charge in [-0.15, -0.1) is 0 Å². The summed E-state index contributed by atoms with van der Waals surface area (Å²) < 4.78 is 15.9. The number of hydrogen-bond donors (Lipinski definition) is 2. The van der Waals surface area contributed by atoms with Gasteiger partial charge in [-0.25, -0.2) is 4.79 Å². The lowest BCUT2D eigenvalue weighted by Crippen LogP contribution is -2.18. The predicted octanol–water partition coefficient (Wildman–Crippen LogP) is 5.92. The van der Waals surface area contributed by atoms with Crippen LogP contribution in [0.5, 0.6) is 11.5 Å². The van der Waals surface area contributed by atoms with Gasteiger partial charge in [-0.3, -0.25) is 15.4 Å². The van der Waals surface area contributed by atoms with Crippen LogP contribution in [0.15, 0.2) is 30.3 Å². The van der Waals surface area contributed by atoms with Crippen molar-refractivity contribution in [3.63, 3.8) is 0 Å². The maximum absolute atomic E-state index is 11.5. The Morgan fingerprint density at radius 1 is 1.10 bits per heavy atom. The second kappa shape index (κ2) is 12.7. The quantitative estimate of drug-likeness (QED) is 0.290. The Morgan fingerprint density at radius 3 is 2.13 bits per heavy atom. The number of nitro groups is 1. The zero-order valence-electron chi connectivity index (χ0n) is 17.6. The number of nitrogens with one attached hydrogen (secondary N) is 1. The number of halogens is 2. The number of hydrogen-bond acceptors (Lipinski definition) is 7. The number of rotatable bonds is 7. The summed E-state index contributed by atoms with van der Waals surface area (Å²) in [5.41, 5.74) is 5.96. The number of carbonyl (C=O) groups excluding carboxylic acids is 1. The Labute approximate surface area is 190 Å². The van der Waals surface area contributed by atoms with E-state index in [0.29, 0.717) is 30.4 Å². The number of ether oxygens (including phenoxy) is 3. The summed E-state index contributed by atoms with van der Waals surface area (Å²) in [5, 5.41) is 13.1. The van der Waals surface area contributed by atoms with Crippen LogP contribution in [0.2, 0.25) is 10.0 Å². The molecule has 1 amide bonds. The van der Waals surface area contributed by atoms with Crippen molar-refractivity contribution in [2.75, 3.05) is 24.3 Å². The van der Waals surface area contributed by atoms with Crippen LogP contribution >= 0.6 is 23.2 Å². The van der Waals surface area contributed by atoms with E-state index in [9.17, 15) is 14.9 Å². The summed E-state index contributed by atoms with van der Waals surface area (Å²) in [4.78, 5) is 21.2. The first kappa shape index (κ1) is 26.1. The Balaban J connectivity index is 0.000000343. The molecule has 2 aromatic rings. The molecule has 0 aliphatic rings. The molecule has 3 N–H and O–H groups in total. The van der Waals surface area contributed by atoms with Gasteiger partial charge >= 0.3 is 6.09 Å². The Morgan fingerprint density at radius 2 is 1.65 bits per heavy atom. The van der Waals surface area contributed by atoms with Crippen LogP contribution in [0.3, 0.4) is 0 Å². The SMILES string of the molecule is CCOc1ccc(NC(=O)OC(C)C)cc1OCC.Nc1c(Cl)cc([N+](=O)[O-])cc1Cl. The molecule has 0 bridgehead atoms. The summed E-state index contributed by atoms with van der Waals surface area (Å²) in [6, 6.07) is 7.54. The molecule has 2 rings (SSSR count). The highest BCUT2D eigenvalue weighted by Gasteiger charge is 2.12. The minimum atomic E-state index is -0.586. The predicted molar refractivity (Wildman–Crippen MR) is 122 cm³/mol. The molecule has 0 heterocycles. The van der Waals surface area contributed by atoms with Crippen molar-refractivity contribution >= 4 is 46.4 Å². The van der Waals surface area contributed by atoms with E-state index in [1.165, 1.54) is 0 Å². The molecular weight excluding hydrogens is 449 g/mol. The van der Waals surface area contributed by atoms with Crippen molar-refractivity contribution in [3.8, 4) is 11.5 Å². The average molecular weight is 474 g/mol. The second-order valence-electron chi connectivity index (χ2n) is 6.19. The monoisotopic (exact) mass is 473 g/mol. The maximum Gasteiger partial charge on any atom is 0.411 e.